The summed E-state index contributed by atoms with van der Waals surface area (Å²) in [4.78, 5) is 48.4. The zero-order valence-corrected chi connectivity index (χ0v) is 14.2. The molecule has 0 unspecified atom stereocenters. The van der Waals surface area contributed by atoms with E-state index >= 15 is 0 Å². The number of rotatable bonds is 5. The Kier molecular flexibility index (Phi) is 6.10. The Morgan fingerprint density at radius 2 is 1.92 bits per heavy atom. The van der Waals surface area contributed by atoms with Crippen LogP contribution in [0.1, 0.15) is 18.9 Å². The molecule has 2 N–H and O–H groups in total. The number of hydrogen-bond donors (Lipinski definition) is 2. The summed E-state index contributed by atoms with van der Waals surface area (Å²) in [6.07, 6.45) is 0.0324. The molecule has 0 saturated carbocycles. The molecule has 0 radical (unpaired) electrons. The topological polar surface area (TPSA) is 105 Å². The van der Waals surface area contributed by atoms with Crippen molar-refractivity contribution in [3.8, 4) is 0 Å². The molecular weight excluding hydrogens is 326 g/mol. The van der Waals surface area contributed by atoms with Gasteiger partial charge in [-0.25, -0.2) is 4.79 Å². The van der Waals surface area contributed by atoms with E-state index in [1.54, 1.807) is 6.92 Å². The third-order valence-corrected chi connectivity index (χ3v) is 3.74. The number of hydrogen-bond acceptors (Lipinski definition) is 5. The number of aryl methyl sites for hydroxylation is 1. The van der Waals surface area contributed by atoms with Gasteiger partial charge in [-0.2, -0.15) is 0 Å². The summed E-state index contributed by atoms with van der Waals surface area (Å²) >= 11 is 0. The SMILES string of the molecule is CCNC(=O)NC(=O)COC(=O)[C@@H]1CC(=O)N(c2ccc(C)cc2)C1. The van der Waals surface area contributed by atoms with Gasteiger partial charge in [0.2, 0.25) is 5.91 Å². The molecule has 1 saturated heterocycles. The second kappa shape index (κ2) is 8.27. The molecular formula is C17H21N3O5. The van der Waals surface area contributed by atoms with Crippen LogP contribution < -0.4 is 15.5 Å². The number of imide groups is 1. The standard InChI is InChI=1S/C17H21N3O5/c1-3-18-17(24)19-14(21)10-25-16(23)12-8-15(22)20(9-12)13-6-4-11(2)5-7-13/h4-7,12H,3,8-10H2,1-2H3,(H2,18,19,21,24)/t12-/m1/s1. The second-order valence-electron chi connectivity index (χ2n) is 5.76. The molecule has 0 bridgehead atoms. The van der Waals surface area contributed by atoms with Crippen LogP contribution in [0, 0.1) is 12.8 Å². The normalized spacial score (nSPS) is 16.5. The molecule has 8 heteroatoms. The van der Waals surface area contributed by atoms with Crippen molar-refractivity contribution < 1.29 is 23.9 Å². The van der Waals surface area contributed by atoms with Gasteiger partial charge in [0.1, 0.15) is 0 Å². The molecule has 0 aliphatic carbocycles. The Morgan fingerprint density at radius 3 is 2.56 bits per heavy atom. The van der Waals surface area contributed by atoms with Crippen molar-refractivity contribution in [2.45, 2.75) is 20.3 Å². The van der Waals surface area contributed by atoms with Crippen molar-refractivity contribution in [1.82, 2.24) is 10.6 Å². The molecule has 25 heavy (non-hydrogen) atoms. The zero-order valence-electron chi connectivity index (χ0n) is 14.2. The highest BCUT2D eigenvalue weighted by Gasteiger charge is 2.36. The van der Waals surface area contributed by atoms with E-state index < -0.39 is 30.4 Å². The van der Waals surface area contributed by atoms with Gasteiger partial charge < -0.3 is 15.0 Å². The van der Waals surface area contributed by atoms with Crippen LogP contribution in [0.4, 0.5) is 10.5 Å². The molecule has 1 heterocycles. The fourth-order valence-corrected chi connectivity index (χ4v) is 2.46. The lowest BCUT2D eigenvalue weighted by Gasteiger charge is -2.16. The van der Waals surface area contributed by atoms with Gasteiger partial charge in [-0.1, -0.05) is 17.7 Å². The van der Waals surface area contributed by atoms with Crippen LogP contribution in [0.3, 0.4) is 0 Å². The zero-order chi connectivity index (χ0) is 18.4. The first-order valence-corrected chi connectivity index (χ1v) is 8.02. The van der Waals surface area contributed by atoms with Gasteiger partial charge in [-0.15, -0.1) is 0 Å². The number of carbonyl (C=O) groups excluding carboxylic acids is 4. The predicted octanol–water partition coefficient (Wildman–Crippen LogP) is 0.737. The summed E-state index contributed by atoms with van der Waals surface area (Å²) in [7, 11) is 0. The summed E-state index contributed by atoms with van der Waals surface area (Å²) in [5.74, 6) is -2.16. The Hall–Kier alpha value is -2.90. The maximum atomic E-state index is 12.1. The van der Waals surface area contributed by atoms with Crippen LogP contribution in [0.5, 0.6) is 0 Å². The minimum absolute atomic E-state index is 0.0324. The first-order valence-electron chi connectivity index (χ1n) is 8.02. The quantitative estimate of drug-likeness (QED) is 0.764. The first kappa shape index (κ1) is 18.4. The highest BCUT2D eigenvalue weighted by molar-refractivity contribution is 6.00. The fourth-order valence-electron chi connectivity index (χ4n) is 2.46. The Morgan fingerprint density at radius 1 is 1.24 bits per heavy atom. The largest absolute Gasteiger partial charge is 0.455 e. The van der Waals surface area contributed by atoms with Crippen LogP contribution in [-0.2, 0) is 19.1 Å². The minimum atomic E-state index is -0.723. The van der Waals surface area contributed by atoms with Crippen LogP contribution in [0.15, 0.2) is 24.3 Å². The van der Waals surface area contributed by atoms with Gasteiger partial charge >= 0.3 is 12.0 Å². The lowest BCUT2D eigenvalue weighted by atomic mass is 10.1. The number of urea groups is 1. The molecule has 1 aliphatic rings. The van der Waals surface area contributed by atoms with Crippen LogP contribution in [0.25, 0.3) is 0 Å². The van der Waals surface area contributed by atoms with Crippen LogP contribution >= 0.6 is 0 Å². The van der Waals surface area contributed by atoms with E-state index in [-0.39, 0.29) is 18.9 Å². The summed E-state index contributed by atoms with van der Waals surface area (Å²) in [6, 6.07) is 6.77. The third-order valence-electron chi connectivity index (χ3n) is 3.74. The number of nitrogens with zero attached hydrogens (tertiary/aromatic N) is 1. The molecule has 134 valence electrons. The molecule has 0 spiro atoms. The highest BCUT2D eigenvalue weighted by Crippen LogP contribution is 2.26. The van der Waals surface area contributed by atoms with E-state index in [1.807, 2.05) is 36.5 Å². The fraction of sp³-hybridized carbons (Fsp3) is 0.412. The molecule has 1 atom stereocenters. The van der Waals surface area contributed by atoms with Crippen molar-refractivity contribution in [2.75, 3.05) is 24.6 Å². The van der Waals surface area contributed by atoms with E-state index in [0.29, 0.717) is 6.54 Å². The minimum Gasteiger partial charge on any atom is -0.455 e. The molecule has 0 aromatic heterocycles. The van der Waals surface area contributed by atoms with Gasteiger partial charge in [0, 0.05) is 25.2 Å². The predicted molar refractivity (Wildman–Crippen MR) is 89.8 cm³/mol. The second-order valence-corrected chi connectivity index (χ2v) is 5.76. The smallest absolute Gasteiger partial charge is 0.321 e. The van der Waals surface area contributed by atoms with Crippen molar-refractivity contribution >= 4 is 29.5 Å². The van der Waals surface area contributed by atoms with Gasteiger partial charge in [-0.3, -0.25) is 19.7 Å². The number of anilines is 1. The van der Waals surface area contributed by atoms with Crippen molar-refractivity contribution in [1.29, 1.82) is 0 Å². The Bertz CT molecular complexity index is 671. The number of esters is 1. The number of ether oxygens (including phenoxy) is 1. The van der Waals surface area contributed by atoms with Crippen molar-refractivity contribution in [3.05, 3.63) is 29.8 Å². The Labute approximate surface area is 145 Å². The average Bonchev–Trinajstić information content (AvgIpc) is 2.95. The van der Waals surface area contributed by atoms with E-state index in [4.69, 9.17) is 4.74 Å². The summed E-state index contributed by atoms with van der Waals surface area (Å²) in [6.45, 7) is 3.67. The number of benzene rings is 1. The van der Waals surface area contributed by atoms with E-state index in [0.717, 1.165) is 11.3 Å². The summed E-state index contributed by atoms with van der Waals surface area (Å²) in [5.41, 5.74) is 1.80. The van der Waals surface area contributed by atoms with Gasteiger partial charge in [-0.05, 0) is 26.0 Å². The average molecular weight is 347 g/mol. The molecule has 1 fully saturated rings. The lowest BCUT2D eigenvalue weighted by molar-refractivity contribution is -0.152. The van der Waals surface area contributed by atoms with E-state index in [1.165, 1.54) is 4.90 Å². The summed E-state index contributed by atoms with van der Waals surface area (Å²) in [5, 5.41) is 4.42. The lowest BCUT2D eigenvalue weighted by Crippen LogP contribution is -2.41. The maximum Gasteiger partial charge on any atom is 0.321 e. The van der Waals surface area contributed by atoms with Crippen molar-refractivity contribution in [3.63, 3.8) is 0 Å². The van der Waals surface area contributed by atoms with Gasteiger partial charge in [0.25, 0.3) is 5.91 Å². The molecule has 1 aliphatic heterocycles. The van der Waals surface area contributed by atoms with E-state index in [9.17, 15) is 19.2 Å². The van der Waals surface area contributed by atoms with E-state index in [2.05, 4.69) is 5.32 Å². The van der Waals surface area contributed by atoms with Crippen LogP contribution in [0.2, 0.25) is 0 Å². The van der Waals surface area contributed by atoms with Gasteiger partial charge in [0.05, 0.1) is 5.92 Å². The van der Waals surface area contributed by atoms with Crippen molar-refractivity contribution in [2.24, 2.45) is 5.92 Å². The molecule has 8 nitrogen and oxygen atoms in total. The monoisotopic (exact) mass is 347 g/mol. The highest BCUT2D eigenvalue weighted by atomic mass is 16.5. The first-order chi connectivity index (χ1) is 11.9. The molecule has 1 aromatic carbocycles. The number of amides is 4. The maximum absolute atomic E-state index is 12.1. The summed E-state index contributed by atoms with van der Waals surface area (Å²) < 4.78 is 4.91. The molecule has 1 aromatic rings. The van der Waals surface area contributed by atoms with Gasteiger partial charge in [0.15, 0.2) is 6.61 Å². The molecule has 4 amide bonds. The van der Waals surface area contributed by atoms with Crippen LogP contribution in [-0.4, -0.2) is 43.5 Å². The number of nitrogens with one attached hydrogen (secondary N) is 2. The molecule has 2 rings (SSSR count). The third kappa shape index (κ3) is 5.03. The number of carbonyl (C=O) groups is 4. The Balaban J connectivity index is 1.85.